The van der Waals surface area contributed by atoms with Crippen molar-refractivity contribution < 1.29 is 19.1 Å². The van der Waals surface area contributed by atoms with E-state index in [1.165, 1.54) is 0 Å². The van der Waals surface area contributed by atoms with E-state index in [0.29, 0.717) is 39.0 Å². The van der Waals surface area contributed by atoms with Crippen molar-refractivity contribution in [3.05, 3.63) is 35.4 Å². The van der Waals surface area contributed by atoms with E-state index in [2.05, 4.69) is 5.32 Å². The van der Waals surface area contributed by atoms with Crippen LogP contribution in [-0.4, -0.2) is 65.5 Å². The Hall–Kier alpha value is -2.57. The van der Waals surface area contributed by atoms with E-state index < -0.39 is 11.0 Å². The lowest BCUT2D eigenvalue weighted by Crippen LogP contribution is -2.67. The van der Waals surface area contributed by atoms with Crippen molar-refractivity contribution in [2.75, 3.05) is 26.2 Å². The van der Waals surface area contributed by atoms with E-state index in [9.17, 15) is 14.4 Å². The Balaban J connectivity index is 1.52. The molecule has 0 radical (unpaired) electrons. The first kappa shape index (κ1) is 22.1. The van der Waals surface area contributed by atoms with Gasteiger partial charge in [-0.2, -0.15) is 0 Å². The molecule has 1 N–H and O–H groups in total. The van der Waals surface area contributed by atoms with Crippen molar-refractivity contribution in [3.8, 4) is 0 Å². The van der Waals surface area contributed by atoms with Crippen LogP contribution in [0.4, 0.5) is 9.59 Å². The molecule has 0 spiro atoms. The predicted molar refractivity (Wildman–Crippen MR) is 114 cm³/mol. The van der Waals surface area contributed by atoms with Gasteiger partial charge in [-0.3, -0.25) is 4.79 Å². The van der Waals surface area contributed by atoms with Gasteiger partial charge < -0.3 is 19.9 Å². The third-order valence-electron chi connectivity index (χ3n) is 6.02. The Bertz CT molecular complexity index is 816. The lowest BCUT2D eigenvalue weighted by atomic mass is 9.69. The van der Waals surface area contributed by atoms with Gasteiger partial charge in [0.1, 0.15) is 11.4 Å². The van der Waals surface area contributed by atoms with Crippen LogP contribution in [0.25, 0.3) is 0 Å². The van der Waals surface area contributed by atoms with Crippen LogP contribution in [0.3, 0.4) is 0 Å². The topological polar surface area (TPSA) is 79.0 Å². The maximum Gasteiger partial charge on any atom is 0.410 e. The predicted octanol–water partition coefficient (Wildman–Crippen LogP) is 3.25. The van der Waals surface area contributed by atoms with Crippen LogP contribution in [0.5, 0.6) is 0 Å². The molecule has 7 heteroatoms. The molecule has 164 valence electrons. The van der Waals surface area contributed by atoms with Gasteiger partial charge in [0.2, 0.25) is 0 Å². The van der Waals surface area contributed by atoms with Crippen molar-refractivity contribution in [1.82, 2.24) is 15.1 Å². The number of amides is 3. The first-order chi connectivity index (χ1) is 14.0. The number of likely N-dealkylation sites (tertiary alicyclic amines) is 2. The molecule has 0 unspecified atom stereocenters. The molecule has 2 heterocycles. The van der Waals surface area contributed by atoms with Gasteiger partial charge in [-0.15, -0.1) is 0 Å². The molecule has 30 heavy (non-hydrogen) atoms. The summed E-state index contributed by atoms with van der Waals surface area (Å²) in [5, 5.41) is 3.07. The molecular formula is C23H33N3O4. The summed E-state index contributed by atoms with van der Waals surface area (Å²) < 4.78 is 5.41. The number of ketones is 1. The minimum absolute atomic E-state index is 0.0157. The number of hydrogen-bond donors (Lipinski definition) is 1. The van der Waals surface area contributed by atoms with Crippen LogP contribution in [0.15, 0.2) is 24.3 Å². The zero-order valence-corrected chi connectivity index (χ0v) is 18.7. The molecule has 0 atom stereocenters. The fraction of sp³-hybridized carbons (Fsp3) is 0.609. The van der Waals surface area contributed by atoms with Crippen molar-refractivity contribution in [2.45, 2.75) is 64.5 Å². The first-order valence-corrected chi connectivity index (χ1v) is 10.6. The maximum atomic E-state index is 12.7. The van der Waals surface area contributed by atoms with Gasteiger partial charge in [0.05, 0.1) is 5.41 Å². The lowest BCUT2D eigenvalue weighted by molar-refractivity contribution is -0.127. The molecule has 0 bridgehead atoms. The molecule has 0 aliphatic carbocycles. The standard InChI is InChI=1S/C23H33N3O4/c1-16-8-6-7-9-19(16)23(17(2)27)14-26(15-23)20(28)24-18-10-12-25(13-11-18)21(29)30-22(3,4)5/h6-9,18H,10-15H2,1-5H3,(H,24,28). The molecular weight excluding hydrogens is 382 g/mol. The fourth-order valence-electron chi connectivity index (χ4n) is 4.24. The quantitative estimate of drug-likeness (QED) is 0.822. The number of nitrogens with zero attached hydrogens (tertiary/aromatic N) is 2. The van der Waals surface area contributed by atoms with E-state index in [0.717, 1.165) is 11.1 Å². The van der Waals surface area contributed by atoms with Crippen molar-refractivity contribution in [3.63, 3.8) is 0 Å². The number of urea groups is 1. The van der Waals surface area contributed by atoms with Crippen molar-refractivity contribution in [2.24, 2.45) is 0 Å². The zero-order chi connectivity index (χ0) is 22.1. The largest absolute Gasteiger partial charge is 0.444 e. The summed E-state index contributed by atoms with van der Waals surface area (Å²) in [5.74, 6) is 0.0894. The average molecular weight is 416 g/mol. The second kappa shape index (κ2) is 8.28. The number of ether oxygens (including phenoxy) is 1. The molecule has 1 aromatic rings. The van der Waals surface area contributed by atoms with Gasteiger partial charge in [0.15, 0.2) is 0 Å². The van der Waals surface area contributed by atoms with Gasteiger partial charge in [-0.1, -0.05) is 24.3 Å². The van der Waals surface area contributed by atoms with Gasteiger partial charge in [-0.05, 0) is 58.6 Å². The Kier molecular flexibility index (Phi) is 6.11. The fourth-order valence-corrected chi connectivity index (χ4v) is 4.24. The zero-order valence-electron chi connectivity index (χ0n) is 18.7. The normalized spacial score (nSPS) is 19.1. The van der Waals surface area contributed by atoms with Gasteiger partial charge >= 0.3 is 12.1 Å². The third-order valence-corrected chi connectivity index (χ3v) is 6.02. The molecule has 2 fully saturated rings. The Morgan fingerprint density at radius 2 is 1.67 bits per heavy atom. The summed E-state index contributed by atoms with van der Waals surface area (Å²) >= 11 is 0. The van der Waals surface area contributed by atoms with Crippen LogP contribution in [0.1, 0.15) is 51.7 Å². The molecule has 2 aliphatic rings. The SMILES string of the molecule is CC(=O)C1(c2ccccc2C)CN(C(=O)NC2CCN(C(=O)OC(C)(C)C)CC2)C1. The lowest BCUT2D eigenvalue weighted by Gasteiger charge is -2.49. The summed E-state index contributed by atoms with van der Waals surface area (Å²) in [7, 11) is 0. The number of piperidine rings is 1. The van der Waals surface area contributed by atoms with Gasteiger partial charge in [-0.25, -0.2) is 9.59 Å². The van der Waals surface area contributed by atoms with Crippen LogP contribution in [0.2, 0.25) is 0 Å². The Labute approximate surface area is 178 Å². The van der Waals surface area contributed by atoms with Crippen LogP contribution in [0, 0.1) is 6.92 Å². The third kappa shape index (κ3) is 4.60. The molecule has 0 saturated carbocycles. The molecule has 7 nitrogen and oxygen atoms in total. The summed E-state index contributed by atoms with van der Waals surface area (Å²) in [6.07, 6.45) is 1.07. The maximum absolute atomic E-state index is 12.7. The molecule has 3 amide bonds. The second-order valence-corrected chi connectivity index (χ2v) is 9.50. The van der Waals surface area contributed by atoms with E-state index in [1.54, 1.807) is 16.7 Å². The number of nitrogens with one attached hydrogen (secondary N) is 1. The van der Waals surface area contributed by atoms with E-state index >= 15 is 0 Å². The van der Waals surface area contributed by atoms with Crippen LogP contribution >= 0.6 is 0 Å². The summed E-state index contributed by atoms with van der Waals surface area (Å²) in [6.45, 7) is 11.1. The van der Waals surface area contributed by atoms with Crippen LogP contribution < -0.4 is 5.32 Å². The van der Waals surface area contributed by atoms with Crippen molar-refractivity contribution in [1.29, 1.82) is 0 Å². The van der Waals surface area contributed by atoms with Gasteiger partial charge in [0, 0.05) is 32.2 Å². The first-order valence-electron chi connectivity index (χ1n) is 10.6. The molecule has 2 saturated heterocycles. The minimum atomic E-state index is -0.608. The monoisotopic (exact) mass is 415 g/mol. The molecule has 0 aromatic heterocycles. The number of rotatable bonds is 3. The number of hydrogen-bond acceptors (Lipinski definition) is 4. The number of carbonyl (C=O) groups excluding carboxylic acids is 3. The number of carbonyl (C=O) groups is 3. The molecule has 3 rings (SSSR count). The van der Waals surface area contributed by atoms with Gasteiger partial charge in [0.25, 0.3) is 0 Å². The summed E-state index contributed by atoms with van der Waals surface area (Å²) in [5.41, 5.74) is 0.956. The average Bonchev–Trinajstić information content (AvgIpc) is 2.61. The highest BCUT2D eigenvalue weighted by Gasteiger charge is 2.51. The van der Waals surface area contributed by atoms with E-state index in [1.807, 2.05) is 52.0 Å². The summed E-state index contributed by atoms with van der Waals surface area (Å²) in [6, 6.07) is 7.76. The van der Waals surface area contributed by atoms with E-state index in [4.69, 9.17) is 4.74 Å². The number of Topliss-reactive ketones (excluding diaryl/α,β-unsaturated/α-hetero) is 1. The molecule has 2 aliphatic heterocycles. The smallest absolute Gasteiger partial charge is 0.410 e. The second-order valence-electron chi connectivity index (χ2n) is 9.50. The molecule has 1 aromatic carbocycles. The Morgan fingerprint density at radius 3 is 2.20 bits per heavy atom. The number of aryl methyl sites for hydroxylation is 1. The highest BCUT2D eigenvalue weighted by atomic mass is 16.6. The number of benzene rings is 1. The van der Waals surface area contributed by atoms with Crippen LogP contribution in [-0.2, 0) is 14.9 Å². The van der Waals surface area contributed by atoms with E-state index in [-0.39, 0.29) is 23.9 Å². The highest BCUT2D eigenvalue weighted by Crippen LogP contribution is 2.37. The van der Waals surface area contributed by atoms with Crippen molar-refractivity contribution >= 4 is 17.9 Å². The summed E-state index contributed by atoms with van der Waals surface area (Å²) in [4.78, 5) is 40.7. The highest BCUT2D eigenvalue weighted by molar-refractivity contribution is 5.92. The minimum Gasteiger partial charge on any atom is -0.444 e. The Morgan fingerprint density at radius 1 is 1.07 bits per heavy atom.